The normalized spacial score (nSPS) is 14.1. The van der Waals surface area contributed by atoms with Crippen LogP contribution in [0.15, 0.2) is 42.5 Å². The summed E-state index contributed by atoms with van der Waals surface area (Å²) in [4.78, 5) is 25.6. The fourth-order valence-electron chi connectivity index (χ4n) is 2.65. The summed E-state index contributed by atoms with van der Waals surface area (Å²) >= 11 is 5.86. The third kappa shape index (κ3) is 4.22. The summed E-state index contributed by atoms with van der Waals surface area (Å²) in [5.74, 6) is -0.485. The molecular weight excluding hydrogens is 342 g/mol. The van der Waals surface area contributed by atoms with E-state index >= 15 is 0 Å². The Labute approximate surface area is 150 Å². The maximum Gasteiger partial charge on any atom is 0.255 e. The molecule has 6 nitrogen and oxygen atoms in total. The van der Waals surface area contributed by atoms with Gasteiger partial charge in [0.1, 0.15) is 5.75 Å². The van der Waals surface area contributed by atoms with Crippen LogP contribution in [0.2, 0.25) is 5.02 Å². The largest absolute Gasteiger partial charge is 0.507 e. The zero-order valence-electron chi connectivity index (χ0n) is 13.5. The number of benzene rings is 2. The van der Waals surface area contributed by atoms with Crippen molar-refractivity contribution in [3.8, 4) is 5.75 Å². The van der Waals surface area contributed by atoms with Gasteiger partial charge in [0.05, 0.1) is 12.1 Å². The third-order valence-corrected chi connectivity index (χ3v) is 4.23. The van der Waals surface area contributed by atoms with E-state index in [4.69, 9.17) is 11.6 Å². The molecule has 1 saturated heterocycles. The standard InChI is InChI=1S/C18H18ClN3O3/c19-13-3-6-16(23)15(9-13)18(25)21-10-12-1-4-14(5-2-12)22-8-7-20-17(24)11-22/h1-6,9,23H,7-8,10-11H2,(H,20,24)(H,21,25). The SMILES string of the molecule is O=C1CN(c2ccc(CNC(=O)c3cc(Cl)ccc3O)cc2)CCN1. The number of rotatable bonds is 4. The fourth-order valence-corrected chi connectivity index (χ4v) is 2.82. The lowest BCUT2D eigenvalue weighted by atomic mass is 10.1. The topological polar surface area (TPSA) is 81.7 Å². The number of hydrogen-bond donors (Lipinski definition) is 3. The van der Waals surface area contributed by atoms with Gasteiger partial charge in [-0.25, -0.2) is 0 Å². The van der Waals surface area contributed by atoms with E-state index in [1.165, 1.54) is 18.2 Å². The Kier molecular flexibility index (Phi) is 5.09. The molecule has 0 atom stereocenters. The highest BCUT2D eigenvalue weighted by Gasteiger charge is 2.16. The highest BCUT2D eigenvalue weighted by molar-refractivity contribution is 6.31. The molecule has 1 fully saturated rings. The number of nitrogens with zero attached hydrogens (tertiary/aromatic N) is 1. The maximum absolute atomic E-state index is 12.2. The van der Waals surface area contributed by atoms with E-state index in [1.54, 1.807) is 0 Å². The molecule has 1 heterocycles. The van der Waals surface area contributed by atoms with Gasteiger partial charge in [-0.3, -0.25) is 9.59 Å². The second kappa shape index (κ2) is 7.44. The zero-order chi connectivity index (χ0) is 17.8. The number of phenolic OH excluding ortho intramolecular Hbond substituents is 1. The Morgan fingerprint density at radius 1 is 1.24 bits per heavy atom. The Balaban J connectivity index is 1.61. The molecule has 1 aliphatic rings. The monoisotopic (exact) mass is 359 g/mol. The molecule has 3 rings (SSSR count). The van der Waals surface area contributed by atoms with E-state index in [0.717, 1.165) is 17.8 Å². The predicted molar refractivity (Wildman–Crippen MR) is 96.0 cm³/mol. The number of anilines is 1. The molecule has 0 aliphatic carbocycles. The number of phenols is 1. The van der Waals surface area contributed by atoms with Crippen LogP contribution in [0.4, 0.5) is 5.69 Å². The number of halogens is 1. The fraction of sp³-hybridized carbons (Fsp3) is 0.222. The van der Waals surface area contributed by atoms with Crippen molar-refractivity contribution < 1.29 is 14.7 Å². The number of amides is 2. The van der Waals surface area contributed by atoms with Crippen molar-refractivity contribution >= 4 is 29.1 Å². The van der Waals surface area contributed by atoms with Crippen LogP contribution in [0.5, 0.6) is 5.75 Å². The quantitative estimate of drug-likeness (QED) is 0.779. The number of carbonyl (C=O) groups is 2. The summed E-state index contributed by atoms with van der Waals surface area (Å²) in [6, 6.07) is 12.0. The van der Waals surface area contributed by atoms with Gasteiger partial charge in [-0.05, 0) is 35.9 Å². The molecule has 0 saturated carbocycles. The number of hydrogen-bond acceptors (Lipinski definition) is 4. The average molecular weight is 360 g/mol. The van der Waals surface area contributed by atoms with Gasteiger partial charge < -0.3 is 20.6 Å². The average Bonchev–Trinajstić information content (AvgIpc) is 2.62. The molecule has 1 aliphatic heterocycles. The van der Waals surface area contributed by atoms with Crippen LogP contribution in [0.3, 0.4) is 0 Å². The van der Waals surface area contributed by atoms with Crippen molar-refractivity contribution in [1.82, 2.24) is 10.6 Å². The first-order valence-electron chi connectivity index (χ1n) is 7.90. The summed E-state index contributed by atoms with van der Waals surface area (Å²) in [5.41, 5.74) is 2.03. The van der Waals surface area contributed by atoms with Crippen molar-refractivity contribution in [1.29, 1.82) is 0 Å². The van der Waals surface area contributed by atoms with Crippen molar-refractivity contribution in [2.24, 2.45) is 0 Å². The minimum atomic E-state index is -0.392. The van der Waals surface area contributed by atoms with Crippen molar-refractivity contribution in [2.45, 2.75) is 6.54 Å². The number of aromatic hydroxyl groups is 1. The van der Waals surface area contributed by atoms with Gasteiger partial charge in [-0.15, -0.1) is 0 Å². The van der Waals surface area contributed by atoms with Gasteiger partial charge in [0.2, 0.25) is 5.91 Å². The Morgan fingerprint density at radius 2 is 2.00 bits per heavy atom. The molecular formula is C18H18ClN3O3. The Bertz CT molecular complexity index is 793. The van der Waals surface area contributed by atoms with Gasteiger partial charge in [-0.2, -0.15) is 0 Å². The van der Waals surface area contributed by atoms with E-state index in [-0.39, 0.29) is 17.2 Å². The molecule has 130 valence electrons. The third-order valence-electron chi connectivity index (χ3n) is 4.00. The minimum absolute atomic E-state index is 0.0175. The lowest BCUT2D eigenvalue weighted by Gasteiger charge is -2.28. The first-order valence-corrected chi connectivity index (χ1v) is 8.28. The van der Waals surface area contributed by atoms with Gasteiger partial charge >= 0.3 is 0 Å². The van der Waals surface area contributed by atoms with Gasteiger partial charge in [0.25, 0.3) is 5.91 Å². The first-order chi connectivity index (χ1) is 12.0. The van der Waals surface area contributed by atoms with Crippen molar-refractivity contribution in [3.63, 3.8) is 0 Å². The Hall–Kier alpha value is -2.73. The number of carbonyl (C=O) groups excluding carboxylic acids is 2. The van der Waals surface area contributed by atoms with E-state index in [1.807, 2.05) is 29.2 Å². The number of nitrogens with one attached hydrogen (secondary N) is 2. The van der Waals surface area contributed by atoms with E-state index in [2.05, 4.69) is 10.6 Å². The Morgan fingerprint density at radius 3 is 2.72 bits per heavy atom. The minimum Gasteiger partial charge on any atom is -0.507 e. The van der Waals surface area contributed by atoms with Crippen molar-refractivity contribution in [3.05, 3.63) is 58.6 Å². The maximum atomic E-state index is 12.2. The van der Waals surface area contributed by atoms with Crippen molar-refractivity contribution in [2.75, 3.05) is 24.5 Å². The lowest BCUT2D eigenvalue weighted by molar-refractivity contribution is -0.120. The molecule has 2 amide bonds. The van der Waals surface area contributed by atoms with Gasteiger partial charge in [0, 0.05) is 30.3 Å². The highest BCUT2D eigenvalue weighted by Crippen LogP contribution is 2.21. The van der Waals surface area contributed by atoms with Crippen LogP contribution >= 0.6 is 11.6 Å². The van der Waals surface area contributed by atoms with Crippen LogP contribution in [0.1, 0.15) is 15.9 Å². The molecule has 2 aromatic carbocycles. The highest BCUT2D eigenvalue weighted by atomic mass is 35.5. The smallest absolute Gasteiger partial charge is 0.255 e. The van der Waals surface area contributed by atoms with Crippen LogP contribution < -0.4 is 15.5 Å². The number of piperazine rings is 1. The lowest BCUT2D eigenvalue weighted by Crippen LogP contribution is -2.47. The van der Waals surface area contributed by atoms with Crippen LogP contribution in [-0.2, 0) is 11.3 Å². The first kappa shape index (κ1) is 17.1. The summed E-state index contributed by atoms with van der Waals surface area (Å²) in [5, 5.41) is 15.7. The van der Waals surface area contributed by atoms with E-state index < -0.39 is 5.91 Å². The second-order valence-corrected chi connectivity index (χ2v) is 6.22. The van der Waals surface area contributed by atoms with Gasteiger partial charge in [-0.1, -0.05) is 23.7 Å². The molecule has 25 heavy (non-hydrogen) atoms. The summed E-state index contributed by atoms with van der Waals surface area (Å²) in [6.07, 6.45) is 0. The molecule has 0 unspecified atom stereocenters. The van der Waals surface area contributed by atoms with Crippen LogP contribution in [0.25, 0.3) is 0 Å². The summed E-state index contributed by atoms with van der Waals surface area (Å²) in [6.45, 7) is 2.09. The van der Waals surface area contributed by atoms with Crippen LogP contribution in [-0.4, -0.2) is 36.6 Å². The summed E-state index contributed by atoms with van der Waals surface area (Å²) in [7, 11) is 0. The van der Waals surface area contributed by atoms with Crippen LogP contribution in [0, 0.1) is 0 Å². The molecule has 3 N–H and O–H groups in total. The molecule has 7 heteroatoms. The van der Waals surface area contributed by atoms with Gasteiger partial charge in [0.15, 0.2) is 0 Å². The summed E-state index contributed by atoms with van der Waals surface area (Å²) < 4.78 is 0. The second-order valence-electron chi connectivity index (χ2n) is 5.78. The predicted octanol–water partition coefficient (Wildman–Crippen LogP) is 1.91. The molecule has 0 bridgehead atoms. The van der Waals surface area contributed by atoms with E-state index in [0.29, 0.717) is 24.7 Å². The molecule has 2 aromatic rings. The van der Waals surface area contributed by atoms with E-state index in [9.17, 15) is 14.7 Å². The zero-order valence-corrected chi connectivity index (χ0v) is 14.2. The molecule has 0 radical (unpaired) electrons. The molecule has 0 spiro atoms. The molecule has 0 aromatic heterocycles.